The Morgan fingerprint density at radius 1 is 0.900 bits per heavy atom. The van der Waals surface area contributed by atoms with E-state index in [0.717, 1.165) is 13.1 Å². The minimum Gasteiger partial charge on any atom is -0.345 e. The van der Waals surface area contributed by atoms with Crippen molar-refractivity contribution in [2.45, 2.75) is 58.9 Å². The first kappa shape index (κ1) is 15.1. The Bertz CT molecular complexity index is 540. The Balaban J connectivity index is 1.85. The maximum atomic E-state index is 5.51. The molecular formula is C18H28N2. The normalized spacial score (nSPS) is 11.3. The lowest BCUT2D eigenvalue weighted by atomic mass is 10.1. The molecule has 2 N–H and O–H groups in total. The minimum absolute atomic E-state index is 0.841. The third-order valence-corrected chi connectivity index (χ3v) is 4.10. The number of fused-ring (bicyclic) bond motifs is 1. The van der Waals surface area contributed by atoms with Gasteiger partial charge in [0.2, 0.25) is 0 Å². The van der Waals surface area contributed by atoms with E-state index in [2.05, 4.69) is 42.7 Å². The molecule has 110 valence electrons. The van der Waals surface area contributed by atoms with Crippen molar-refractivity contribution in [3.8, 4) is 0 Å². The van der Waals surface area contributed by atoms with Gasteiger partial charge in [-0.3, -0.25) is 0 Å². The first-order chi connectivity index (χ1) is 9.72. The van der Waals surface area contributed by atoms with Crippen molar-refractivity contribution in [3.63, 3.8) is 0 Å². The van der Waals surface area contributed by atoms with Crippen LogP contribution >= 0.6 is 0 Å². The summed E-state index contributed by atoms with van der Waals surface area (Å²) in [5.41, 5.74) is 9.62. The largest absolute Gasteiger partial charge is 0.345 e. The molecule has 0 fully saturated rings. The predicted molar refractivity (Wildman–Crippen MR) is 88.2 cm³/mol. The van der Waals surface area contributed by atoms with Gasteiger partial charge in [0.05, 0.1) is 0 Å². The molecule has 1 aromatic heterocycles. The van der Waals surface area contributed by atoms with Crippen LogP contribution in [0, 0.1) is 13.8 Å². The zero-order chi connectivity index (χ0) is 14.4. The molecule has 0 unspecified atom stereocenters. The van der Waals surface area contributed by atoms with Crippen molar-refractivity contribution in [1.29, 1.82) is 0 Å². The molecule has 2 heteroatoms. The highest BCUT2D eigenvalue weighted by Gasteiger charge is 2.05. The molecule has 0 atom stereocenters. The highest BCUT2D eigenvalue weighted by atomic mass is 15.0. The van der Waals surface area contributed by atoms with Crippen molar-refractivity contribution in [3.05, 3.63) is 35.5 Å². The summed E-state index contributed by atoms with van der Waals surface area (Å²) >= 11 is 0. The molecule has 0 saturated heterocycles. The predicted octanol–water partition coefficient (Wildman–Crippen LogP) is 4.56. The quantitative estimate of drug-likeness (QED) is 0.702. The van der Waals surface area contributed by atoms with E-state index in [4.69, 9.17) is 5.73 Å². The SMILES string of the molecule is Cc1ccc2c(c1)cc(C)n2CCCCCCCCN. The maximum Gasteiger partial charge on any atom is 0.0482 e. The van der Waals surface area contributed by atoms with Gasteiger partial charge in [0.25, 0.3) is 0 Å². The molecular weight excluding hydrogens is 244 g/mol. The molecule has 1 heterocycles. The average molecular weight is 272 g/mol. The van der Waals surface area contributed by atoms with Crippen molar-refractivity contribution in [1.82, 2.24) is 4.57 Å². The Morgan fingerprint density at radius 2 is 1.60 bits per heavy atom. The molecule has 0 aliphatic carbocycles. The van der Waals surface area contributed by atoms with Gasteiger partial charge < -0.3 is 10.3 Å². The fourth-order valence-electron chi connectivity index (χ4n) is 2.95. The molecule has 0 aliphatic rings. The van der Waals surface area contributed by atoms with E-state index in [-0.39, 0.29) is 0 Å². The first-order valence-electron chi connectivity index (χ1n) is 7.99. The number of rotatable bonds is 8. The topological polar surface area (TPSA) is 30.9 Å². The zero-order valence-electron chi connectivity index (χ0n) is 13.0. The Morgan fingerprint density at radius 3 is 2.35 bits per heavy atom. The molecule has 0 saturated carbocycles. The number of aromatic nitrogens is 1. The summed E-state index contributed by atoms with van der Waals surface area (Å²) < 4.78 is 2.47. The standard InChI is InChI=1S/C18H28N2/c1-15-9-10-18-17(13-15)14-16(2)20(18)12-8-6-4-3-5-7-11-19/h9-10,13-14H,3-8,11-12,19H2,1-2H3. The summed E-state index contributed by atoms with van der Waals surface area (Å²) in [6, 6.07) is 9.07. The summed E-state index contributed by atoms with van der Waals surface area (Å²) in [6.45, 7) is 6.37. The molecule has 0 amide bonds. The van der Waals surface area contributed by atoms with Crippen molar-refractivity contribution in [2.75, 3.05) is 6.54 Å². The molecule has 2 rings (SSSR count). The van der Waals surface area contributed by atoms with Crippen LogP contribution in [0.15, 0.2) is 24.3 Å². The minimum atomic E-state index is 0.841. The highest BCUT2D eigenvalue weighted by molar-refractivity contribution is 5.82. The number of nitrogens with two attached hydrogens (primary N) is 1. The van der Waals surface area contributed by atoms with Gasteiger partial charge in [-0.25, -0.2) is 0 Å². The van der Waals surface area contributed by atoms with Crippen LogP contribution in [0.5, 0.6) is 0 Å². The van der Waals surface area contributed by atoms with Crippen LogP contribution in [0.3, 0.4) is 0 Å². The summed E-state index contributed by atoms with van der Waals surface area (Å²) in [5.74, 6) is 0. The second kappa shape index (κ2) is 7.49. The van der Waals surface area contributed by atoms with Crippen LogP contribution in [-0.2, 0) is 6.54 Å². The average Bonchev–Trinajstić information content (AvgIpc) is 2.73. The third-order valence-electron chi connectivity index (χ3n) is 4.10. The van der Waals surface area contributed by atoms with E-state index in [1.54, 1.807) is 0 Å². The summed E-state index contributed by atoms with van der Waals surface area (Å²) in [7, 11) is 0. The Labute approximate surface area is 123 Å². The van der Waals surface area contributed by atoms with Gasteiger partial charge in [-0.05, 0) is 51.4 Å². The van der Waals surface area contributed by atoms with E-state index >= 15 is 0 Å². The Kier molecular flexibility index (Phi) is 5.66. The first-order valence-corrected chi connectivity index (χ1v) is 7.99. The molecule has 2 nitrogen and oxygen atoms in total. The molecule has 1 aromatic carbocycles. The van der Waals surface area contributed by atoms with Crippen LogP contribution < -0.4 is 5.73 Å². The molecule has 0 bridgehead atoms. The van der Waals surface area contributed by atoms with Crippen molar-refractivity contribution in [2.24, 2.45) is 5.73 Å². The van der Waals surface area contributed by atoms with Gasteiger partial charge in [-0.1, -0.05) is 37.3 Å². The number of aryl methyl sites for hydroxylation is 3. The van der Waals surface area contributed by atoms with Crippen molar-refractivity contribution >= 4 is 10.9 Å². The zero-order valence-corrected chi connectivity index (χ0v) is 13.0. The van der Waals surface area contributed by atoms with E-state index in [9.17, 15) is 0 Å². The fraction of sp³-hybridized carbons (Fsp3) is 0.556. The summed E-state index contributed by atoms with van der Waals surface area (Å²) in [5, 5.41) is 1.38. The monoisotopic (exact) mass is 272 g/mol. The highest BCUT2D eigenvalue weighted by Crippen LogP contribution is 2.21. The van der Waals surface area contributed by atoms with E-state index in [0.29, 0.717) is 0 Å². The van der Waals surface area contributed by atoms with Gasteiger partial charge in [-0.2, -0.15) is 0 Å². The van der Waals surface area contributed by atoms with Gasteiger partial charge in [-0.15, -0.1) is 0 Å². The molecule has 0 radical (unpaired) electrons. The second-order valence-electron chi connectivity index (χ2n) is 5.91. The lowest BCUT2D eigenvalue weighted by Gasteiger charge is -2.08. The van der Waals surface area contributed by atoms with E-state index < -0.39 is 0 Å². The third kappa shape index (κ3) is 3.86. The molecule has 0 aliphatic heterocycles. The number of hydrogen-bond donors (Lipinski definition) is 1. The van der Waals surface area contributed by atoms with Crippen molar-refractivity contribution < 1.29 is 0 Å². The number of benzene rings is 1. The summed E-state index contributed by atoms with van der Waals surface area (Å²) in [4.78, 5) is 0. The van der Waals surface area contributed by atoms with Gasteiger partial charge in [0.15, 0.2) is 0 Å². The number of hydrogen-bond acceptors (Lipinski definition) is 1. The van der Waals surface area contributed by atoms with Crippen LogP contribution in [0.4, 0.5) is 0 Å². The molecule has 2 aromatic rings. The number of unbranched alkanes of at least 4 members (excludes halogenated alkanes) is 5. The second-order valence-corrected chi connectivity index (χ2v) is 5.91. The fourth-order valence-corrected chi connectivity index (χ4v) is 2.95. The van der Waals surface area contributed by atoms with E-state index in [1.165, 1.54) is 60.7 Å². The van der Waals surface area contributed by atoms with E-state index in [1.807, 2.05) is 0 Å². The smallest absolute Gasteiger partial charge is 0.0482 e. The number of nitrogens with zero attached hydrogens (tertiary/aromatic N) is 1. The van der Waals surface area contributed by atoms with Gasteiger partial charge >= 0.3 is 0 Å². The lowest BCUT2D eigenvalue weighted by Crippen LogP contribution is -2.00. The van der Waals surface area contributed by atoms with Gasteiger partial charge in [0, 0.05) is 23.1 Å². The van der Waals surface area contributed by atoms with Crippen LogP contribution in [0.2, 0.25) is 0 Å². The molecule has 20 heavy (non-hydrogen) atoms. The van der Waals surface area contributed by atoms with Crippen LogP contribution in [0.1, 0.15) is 49.8 Å². The lowest BCUT2D eigenvalue weighted by molar-refractivity contribution is 0.556. The molecule has 0 spiro atoms. The summed E-state index contributed by atoms with van der Waals surface area (Å²) in [6.07, 6.45) is 7.76. The maximum absolute atomic E-state index is 5.51. The Hall–Kier alpha value is -1.28. The van der Waals surface area contributed by atoms with Gasteiger partial charge in [0.1, 0.15) is 0 Å². The van der Waals surface area contributed by atoms with Crippen LogP contribution in [-0.4, -0.2) is 11.1 Å². The van der Waals surface area contributed by atoms with Crippen LogP contribution in [0.25, 0.3) is 10.9 Å².